The zero-order valence-electron chi connectivity index (χ0n) is 13.2. The van der Waals surface area contributed by atoms with E-state index in [2.05, 4.69) is 20.8 Å². The summed E-state index contributed by atoms with van der Waals surface area (Å²) in [6.45, 7) is 2.02. The van der Waals surface area contributed by atoms with Crippen molar-refractivity contribution in [3.8, 4) is 5.69 Å². The second-order valence-corrected chi connectivity index (χ2v) is 6.79. The van der Waals surface area contributed by atoms with Crippen molar-refractivity contribution >= 4 is 17.7 Å². The Balaban J connectivity index is 1.60. The van der Waals surface area contributed by atoms with Gasteiger partial charge in [0.2, 0.25) is 11.1 Å². The van der Waals surface area contributed by atoms with Crippen molar-refractivity contribution in [1.29, 1.82) is 0 Å². The maximum absolute atomic E-state index is 12.1. The fourth-order valence-electron chi connectivity index (χ4n) is 2.87. The highest BCUT2D eigenvalue weighted by atomic mass is 32.2. The first kappa shape index (κ1) is 16.0. The minimum absolute atomic E-state index is 0.0567. The summed E-state index contributed by atoms with van der Waals surface area (Å²) < 4.78 is 1.69. The fourth-order valence-corrected chi connectivity index (χ4v) is 3.56. The van der Waals surface area contributed by atoms with Crippen molar-refractivity contribution in [2.24, 2.45) is 0 Å². The van der Waals surface area contributed by atoms with E-state index in [1.165, 1.54) is 31.0 Å². The van der Waals surface area contributed by atoms with E-state index in [4.69, 9.17) is 0 Å². The topological polar surface area (TPSA) is 72.7 Å². The summed E-state index contributed by atoms with van der Waals surface area (Å²) in [5.74, 6) is 0.393. The second-order valence-electron chi connectivity index (χ2n) is 5.85. The third-order valence-corrected chi connectivity index (χ3v) is 5.01. The molecular weight excluding hydrogens is 310 g/mol. The lowest BCUT2D eigenvalue weighted by atomic mass is 9.95. The van der Waals surface area contributed by atoms with Gasteiger partial charge in [0, 0.05) is 6.04 Å². The van der Waals surface area contributed by atoms with Gasteiger partial charge in [-0.2, -0.15) is 4.68 Å². The van der Waals surface area contributed by atoms with E-state index in [0.717, 1.165) is 24.1 Å². The molecule has 1 heterocycles. The number of carbonyl (C=O) groups excluding carboxylic acids is 1. The molecular formula is C16H21N5OS. The molecule has 0 atom stereocenters. The molecule has 7 heteroatoms. The highest BCUT2D eigenvalue weighted by Gasteiger charge is 2.17. The zero-order chi connectivity index (χ0) is 16.1. The third kappa shape index (κ3) is 4.10. The standard InChI is InChI=1S/C16H21N5OS/c1-12-7-5-6-10-14(12)21-16(18-19-20-21)23-11-15(22)17-13-8-3-2-4-9-13/h5-7,10,13H,2-4,8-9,11H2,1H3,(H,17,22). The molecule has 1 aromatic heterocycles. The number of carbonyl (C=O) groups is 1. The summed E-state index contributed by atoms with van der Waals surface area (Å²) >= 11 is 1.37. The summed E-state index contributed by atoms with van der Waals surface area (Å²) in [6, 6.07) is 8.25. The summed E-state index contributed by atoms with van der Waals surface area (Å²) in [5, 5.41) is 15.6. The van der Waals surface area contributed by atoms with Crippen LogP contribution in [-0.4, -0.2) is 37.9 Å². The molecule has 23 heavy (non-hydrogen) atoms. The smallest absolute Gasteiger partial charge is 0.230 e. The number of tetrazole rings is 1. The van der Waals surface area contributed by atoms with Crippen LogP contribution in [0.25, 0.3) is 5.69 Å². The van der Waals surface area contributed by atoms with Crippen molar-refractivity contribution in [3.05, 3.63) is 29.8 Å². The van der Waals surface area contributed by atoms with Crippen LogP contribution in [-0.2, 0) is 4.79 Å². The lowest BCUT2D eigenvalue weighted by Crippen LogP contribution is -2.37. The van der Waals surface area contributed by atoms with Crippen molar-refractivity contribution < 1.29 is 4.79 Å². The van der Waals surface area contributed by atoms with Gasteiger partial charge in [0.1, 0.15) is 0 Å². The minimum Gasteiger partial charge on any atom is -0.353 e. The fraction of sp³-hybridized carbons (Fsp3) is 0.500. The average molecular weight is 331 g/mol. The number of aryl methyl sites for hydroxylation is 1. The van der Waals surface area contributed by atoms with Crippen LogP contribution in [0.5, 0.6) is 0 Å². The Labute approximate surface area is 140 Å². The van der Waals surface area contributed by atoms with Crippen LogP contribution < -0.4 is 5.32 Å². The van der Waals surface area contributed by atoms with Crippen molar-refractivity contribution in [1.82, 2.24) is 25.5 Å². The second kappa shape index (κ2) is 7.59. The van der Waals surface area contributed by atoms with E-state index in [1.54, 1.807) is 4.68 Å². The number of amides is 1. The molecule has 1 N–H and O–H groups in total. The number of nitrogens with zero attached hydrogens (tertiary/aromatic N) is 4. The molecule has 122 valence electrons. The monoisotopic (exact) mass is 331 g/mol. The van der Waals surface area contributed by atoms with Crippen LogP contribution in [0.3, 0.4) is 0 Å². The first-order chi connectivity index (χ1) is 11.2. The summed E-state index contributed by atoms with van der Waals surface area (Å²) in [7, 11) is 0. The van der Waals surface area contributed by atoms with Gasteiger partial charge in [-0.15, -0.1) is 5.10 Å². The summed E-state index contributed by atoms with van der Waals surface area (Å²) in [5.41, 5.74) is 2.03. The van der Waals surface area contributed by atoms with Crippen molar-refractivity contribution in [2.45, 2.75) is 50.2 Å². The quantitative estimate of drug-likeness (QED) is 0.852. The maximum Gasteiger partial charge on any atom is 0.230 e. The molecule has 3 rings (SSSR count). The average Bonchev–Trinajstić information content (AvgIpc) is 3.03. The number of hydrogen-bond donors (Lipinski definition) is 1. The van der Waals surface area contributed by atoms with Gasteiger partial charge in [0.15, 0.2) is 0 Å². The molecule has 1 saturated carbocycles. The van der Waals surface area contributed by atoms with Gasteiger partial charge in [-0.05, 0) is 41.8 Å². The molecule has 0 unspecified atom stereocenters. The first-order valence-electron chi connectivity index (χ1n) is 8.00. The molecule has 0 saturated heterocycles. The Morgan fingerprint density at radius 2 is 2.09 bits per heavy atom. The third-order valence-electron chi connectivity index (χ3n) is 4.09. The SMILES string of the molecule is Cc1ccccc1-n1nnnc1SCC(=O)NC1CCCCC1. The molecule has 0 radical (unpaired) electrons. The van der Waals surface area contributed by atoms with Crippen LogP contribution >= 0.6 is 11.8 Å². The summed E-state index contributed by atoms with van der Waals surface area (Å²) in [4.78, 5) is 12.1. The van der Waals surface area contributed by atoms with Gasteiger partial charge in [-0.25, -0.2) is 0 Å². The Morgan fingerprint density at radius 1 is 1.30 bits per heavy atom. The predicted octanol–water partition coefficient (Wildman–Crippen LogP) is 2.51. The molecule has 1 aliphatic carbocycles. The molecule has 1 aromatic carbocycles. The molecule has 2 aromatic rings. The Hall–Kier alpha value is -1.89. The van der Waals surface area contributed by atoms with Crippen molar-refractivity contribution in [2.75, 3.05) is 5.75 Å². The van der Waals surface area contributed by atoms with E-state index >= 15 is 0 Å². The first-order valence-corrected chi connectivity index (χ1v) is 8.99. The Kier molecular flexibility index (Phi) is 5.27. The summed E-state index contributed by atoms with van der Waals surface area (Å²) in [6.07, 6.45) is 5.90. The number of rotatable bonds is 5. The van der Waals surface area contributed by atoms with Crippen LogP contribution in [0.15, 0.2) is 29.4 Å². The lowest BCUT2D eigenvalue weighted by molar-refractivity contribution is -0.119. The largest absolute Gasteiger partial charge is 0.353 e. The van der Waals surface area contributed by atoms with Crippen LogP contribution in [0.4, 0.5) is 0 Å². The van der Waals surface area contributed by atoms with E-state index in [1.807, 2.05) is 31.2 Å². The number of benzene rings is 1. The number of thioether (sulfide) groups is 1. The Bertz CT molecular complexity index is 666. The number of para-hydroxylation sites is 1. The van der Waals surface area contributed by atoms with Crippen LogP contribution in [0.2, 0.25) is 0 Å². The van der Waals surface area contributed by atoms with Crippen LogP contribution in [0, 0.1) is 6.92 Å². The molecule has 0 spiro atoms. The van der Waals surface area contributed by atoms with Gasteiger partial charge < -0.3 is 5.32 Å². The van der Waals surface area contributed by atoms with E-state index in [-0.39, 0.29) is 5.91 Å². The lowest BCUT2D eigenvalue weighted by Gasteiger charge is -2.22. The van der Waals surface area contributed by atoms with Gasteiger partial charge >= 0.3 is 0 Å². The van der Waals surface area contributed by atoms with Gasteiger partial charge in [0.25, 0.3) is 0 Å². The maximum atomic E-state index is 12.1. The molecule has 6 nitrogen and oxygen atoms in total. The van der Waals surface area contributed by atoms with Crippen LogP contribution in [0.1, 0.15) is 37.7 Å². The predicted molar refractivity (Wildman–Crippen MR) is 89.6 cm³/mol. The molecule has 0 aliphatic heterocycles. The van der Waals surface area contributed by atoms with Crippen molar-refractivity contribution in [3.63, 3.8) is 0 Å². The number of hydrogen-bond acceptors (Lipinski definition) is 5. The minimum atomic E-state index is 0.0567. The number of nitrogens with one attached hydrogen (secondary N) is 1. The highest BCUT2D eigenvalue weighted by Crippen LogP contribution is 2.21. The molecule has 1 fully saturated rings. The van der Waals surface area contributed by atoms with Gasteiger partial charge in [-0.1, -0.05) is 49.2 Å². The zero-order valence-corrected chi connectivity index (χ0v) is 14.1. The molecule has 1 aliphatic rings. The number of aromatic nitrogens is 4. The van der Waals surface area contributed by atoms with E-state index in [0.29, 0.717) is 17.0 Å². The molecule has 0 bridgehead atoms. The van der Waals surface area contributed by atoms with Gasteiger partial charge in [0.05, 0.1) is 11.4 Å². The Morgan fingerprint density at radius 3 is 2.87 bits per heavy atom. The highest BCUT2D eigenvalue weighted by molar-refractivity contribution is 7.99. The molecule has 1 amide bonds. The van der Waals surface area contributed by atoms with Gasteiger partial charge in [-0.3, -0.25) is 4.79 Å². The normalized spacial score (nSPS) is 15.5. The van der Waals surface area contributed by atoms with E-state index < -0.39 is 0 Å². The van der Waals surface area contributed by atoms with E-state index in [9.17, 15) is 4.79 Å².